The van der Waals surface area contributed by atoms with Crippen molar-refractivity contribution in [3.8, 4) is 11.3 Å². The summed E-state index contributed by atoms with van der Waals surface area (Å²) in [7, 11) is 0. The number of fused-ring (bicyclic) bond motifs is 2. The third kappa shape index (κ3) is 2.42. The van der Waals surface area contributed by atoms with Crippen LogP contribution in [0.4, 0.5) is 11.5 Å². The molecule has 0 radical (unpaired) electrons. The highest BCUT2D eigenvalue weighted by Gasteiger charge is 2.14. The fourth-order valence-corrected chi connectivity index (χ4v) is 2.90. The number of rotatable bonds is 3. The minimum Gasteiger partial charge on any atom is -0.456 e. The Morgan fingerprint density at radius 2 is 1.76 bits per heavy atom. The van der Waals surface area contributed by atoms with Crippen molar-refractivity contribution in [1.29, 1.82) is 0 Å². The second kappa shape index (κ2) is 5.49. The molecule has 120 valence electrons. The van der Waals surface area contributed by atoms with Crippen molar-refractivity contribution in [2.24, 2.45) is 0 Å². The summed E-state index contributed by atoms with van der Waals surface area (Å²) < 4.78 is 7.79. The van der Waals surface area contributed by atoms with E-state index in [0.717, 1.165) is 39.4 Å². The summed E-state index contributed by atoms with van der Waals surface area (Å²) in [5, 5.41) is 8.74. The van der Waals surface area contributed by atoms with Crippen LogP contribution in [0.3, 0.4) is 0 Å². The summed E-state index contributed by atoms with van der Waals surface area (Å²) >= 11 is 0. The highest BCUT2D eigenvalue weighted by Crippen LogP contribution is 2.33. The predicted octanol–water partition coefficient (Wildman–Crippen LogP) is 4.89. The molecule has 0 saturated carbocycles. The zero-order valence-electron chi connectivity index (χ0n) is 13.3. The predicted molar refractivity (Wildman–Crippen MR) is 97.9 cm³/mol. The third-order valence-corrected chi connectivity index (χ3v) is 4.11. The standard InChI is InChI=1S/C20H14N4O/c1-2-7-15(8-3-1)22-20-16(13-24-19(23-20)10-11-21-24)18-12-14-6-4-5-9-17(14)25-18/h1-13H,(H,22,23). The Bertz CT molecular complexity index is 1140. The third-order valence-electron chi connectivity index (χ3n) is 4.11. The Morgan fingerprint density at radius 1 is 0.920 bits per heavy atom. The lowest BCUT2D eigenvalue weighted by molar-refractivity contribution is 0.630. The van der Waals surface area contributed by atoms with Crippen LogP contribution in [0.1, 0.15) is 0 Å². The maximum atomic E-state index is 6.04. The lowest BCUT2D eigenvalue weighted by atomic mass is 10.2. The van der Waals surface area contributed by atoms with Gasteiger partial charge in [0.2, 0.25) is 0 Å². The Balaban J connectivity index is 1.70. The van der Waals surface area contributed by atoms with Gasteiger partial charge in [-0.1, -0.05) is 36.4 Å². The van der Waals surface area contributed by atoms with E-state index < -0.39 is 0 Å². The Morgan fingerprint density at radius 3 is 2.64 bits per heavy atom. The lowest BCUT2D eigenvalue weighted by Crippen LogP contribution is -2.00. The van der Waals surface area contributed by atoms with Crippen LogP contribution in [0.25, 0.3) is 27.9 Å². The number of hydrogen-bond acceptors (Lipinski definition) is 4. The molecule has 0 saturated heterocycles. The number of aromatic nitrogens is 3. The molecular formula is C20H14N4O. The molecule has 5 aromatic rings. The summed E-state index contributed by atoms with van der Waals surface area (Å²) in [5.74, 6) is 1.49. The van der Waals surface area contributed by atoms with Crippen molar-refractivity contribution in [2.45, 2.75) is 0 Å². The molecule has 5 nitrogen and oxygen atoms in total. The molecule has 0 bridgehead atoms. The van der Waals surface area contributed by atoms with Crippen LogP contribution < -0.4 is 5.32 Å². The summed E-state index contributed by atoms with van der Waals surface area (Å²) in [6, 6.07) is 21.8. The van der Waals surface area contributed by atoms with E-state index in [9.17, 15) is 0 Å². The maximum absolute atomic E-state index is 6.04. The van der Waals surface area contributed by atoms with Crippen LogP contribution in [-0.2, 0) is 0 Å². The molecule has 0 amide bonds. The number of anilines is 2. The van der Waals surface area contributed by atoms with Crippen molar-refractivity contribution in [2.75, 3.05) is 5.32 Å². The van der Waals surface area contributed by atoms with Gasteiger partial charge in [0.1, 0.15) is 17.2 Å². The molecule has 0 aliphatic carbocycles. The molecule has 2 aromatic carbocycles. The van der Waals surface area contributed by atoms with Gasteiger partial charge in [0.15, 0.2) is 5.65 Å². The molecule has 0 spiro atoms. The summed E-state index contributed by atoms with van der Waals surface area (Å²) in [6.45, 7) is 0. The van der Waals surface area contributed by atoms with Gasteiger partial charge in [-0.15, -0.1) is 0 Å². The normalized spacial score (nSPS) is 11.2. The average Bonchev–Trinajstić information content (AvgIpc) is 3.27. The molecule has 0 unspecified atom stereocenters. The molecule has 0 atom stereocenters. The van der Waals surface area contributed by atoms with Gasteiger partial charge in [-0.05, 0) is 24.3 Å². The number of benzene rings is 2. The minimum atomic E-state index is 0.734. The van der Waals surface area contributed by atoms with Gasteiger partial charge >= 0.3 is 0 Å². The van der Waals surface area contributed by atoms with Crippen LogP contribution in [0, 0.1) is 0 Å². The van der Waals surface area contributed by atoms with Gasteiger partial charge in [0, 0.05) is 23.3 Å². The molecule has 3 heterocycles. The maximum Gasteiger partial charge on any atom is 0.157 e. The van der Waals surface area contributed by atoms with Gasteiger partial charge in [-0.25, -0.2) is 9.50 Å². The van der Waals surface area contributed by atoms with Gasteiger partial charge in [-0.2, -0.15) is 5.10 Å². The number of nitrogens with one attached hydrogen (secondary N) is 1. The molecule has 3 aromatic heterocycles. The molecule has 0 aliphatic rings. The van der Waals surface area contributed by atoms with Crippen molar-refractivity contribution in [3.05, 3.63) is 79.1 Å². The SMILES string of the molecule is c1ccc(Nc2nc3ccnn3cc2-c2cc3ccccc3o2)cc1. The minimum absolute atomic E-state index is 0.734. The van der Waals surface area contributed by atoms with Crippen LogP contribution in [0.5, 0.6) is 0 Å². The zero-order chi connectivity index (χ0) is 16.6. The van der Waals surface area contributed by atoms with Crippen molar-refractivity contribution >= 4 is 28.1 Å². The van der Waals surface area contributed by atoms with Gasteiger partial charge < -0.3 is 9.73 Å². The highest BCUT2D eigenvalue weighted by atomic mass is 16.3. The summed E-state index contributed by atoms with van der Waals surface area (Å²) in [5.41, 5.74) is 3.45. The second-order valence-corrected chi connectivity index (χ2v) is 5.78. The Labute approximate surface area is 143 Å². The molecule has 0 fully saturated rings. The van der Waals surface area contributed by atoms with Crippen molar-refractivity contribution < 1.29 is 4.42 Å². The first kappa shape index (κ1) is 13.8. The number of para-hydroxylation sites is 2. The van der Waals surface area contributed by atoms with Crippen LogP contribution >= 0.6 is 0 Å². The van der Waals surface area contributed by atoms with Crippen LogP contribution in [0.15, 0.2) is 83.5 Å². The van der Waals surface area contributed by atoms with Crippen molar-refractivity contribution in [1.82, 2.24) is 14.6 Å². The molecule has 5 rings (SSSR count). The first-order chi connectivity index (χ1) is 12.4. The van der Waals surface area contributed by atoms with Gasteiger partial charge in [0.25, 0.3) is 0 Å². The smallest absolute Gasteiger partial charge is 0.157 e. The monoisotopic (exact) mass is 326 g/mol. The zero-order valence-corrected chi connectivity index (χ0v) is 13.3. The fraction of sp³-hybridized carbons (Fsp3) is 0. The average molecular weight is 326 g/mol. The molecule has 25 heavy (non-hydrogen) atoms. The number of furan rings is 1. The van der Waals surface area contributed by atoms with Gasteiger partial charge in [-0.3, -0.25) is 0 Å². The van der Waals surface area contributed by atoms with E-state index in [1.807, 2.05) is 72.9 Å². The molecule has 0 aliphatic heterocycles. The van der Waals surface area contributed by atoms with E-state index in [1.165, 1.54) is 0 Å². The summed E-state index contributed by atoms with van der Waals surface area (Å²) in [4.78, 5) is 4.71. The van der Waals surface area contributed by atoms with Crippen molar-refractivity contribution in [3.63, 3.8) is 0 Å². The topological polar surface area (TPSA) is 55.4 Å². The fourth-order valence-electron chi connectivity index (χ4n) is 2.90. The Kier molecular flexibility index (Phi) is 3.03. The largest absolute Gasteiger partial charge is 0.456 e. The van der Waals surface area contributed by atoms with Crippen LogP contribution in [0.2, 0.25) is 0 Å². The van der Waals surface area contributed by atoms with E-state index in [1.54, 1.807) is 10.7 Å². The molecule has 1 N–H and O–H groups in total. The first-order valence-corrected chi connectivity index (χ1v) is 8.02. The first-order valence-electron chi connectivity index (χ1n) is 8.02. The van der Waals surface area contributed by atoms with E-state index in [2.05, 4.69) is 10.4 Å². The van der Waals surface area contributed by atoms with E-state index in [0.29, 0.717) is 0 Å². The summed E-state index contributed by atoms with van der Waals surface area (Å²) in [6.07, 6.45) is 3.67. The second-order valence-electron chi connectivity index (χ2n) is 5.78. The Hall–Kier alpha value is -3.60. The van der Waals surface area contributed by atoms with E-state index in [-0.39, 0.29) is 0 Å². The molecule has 5 heteroatoms. The quantitative estimate of drug-likeness (QED) is 0.513. The lowest BCUT2D eigenvalue weighted by Gasteiger charge is -2.10. The van der Waals surface area contributed by atoms with Crippen LogP contribution in [-0.4, -0.2) is 14.6 Å². The molecular weight excluding hydrogens is 312 g/mol. The van der Waals surface area contributed by atoms with E-state index in [4.69, 9.17) is 9.40 Å². The number of nitrogens with zero attached hydrogens (tertiary/aromatic N) is 3. The number of hydrogen-bond donors (Lipinski definition) is 1. The van der Waals surface area contributed by atoms with E-state index >= 15 is 0 Å². The highest BCUT2D eigenvalue weighted by molar-refractivity contribution is 5.86. The van der Waals surface area contributed by atoms with Gasteiger partial charge in [0.05, 0.1) is 11.8 Å².